The highest BCUT2D eigenvalue weighted by Crippen LogP contribution is 2.29. The van der Waals surface area contributed by atoms with E-state index in [1.807, 2.05) is 6.92 Å². The number of aryl methyl sites for hydroxylation is 1. The van der Waals surface area contributed by atoms with Crippen molar-refractivity contribution in [2.45, 2.75) is 19.9 Å². The van der Waals surface area contributed by atoms with E-state index in [0.29, 0.717) is 10.9 Å². The lowest BCUT2D eigenvalue weighted by Crippen LogP contribution is -2.50. The molecule has 2 heterocycles. The molecule has 1 aromatic rings. The molecule has 1 unspecified atom stereocenters. The minimum absolute atomic E-state index is 0.293. The molecule has 5 nitrogen and oxygen atoms in total. The maximum atomic E-state index is 11.6. The molecule has 0 aromatic carbocycles. The van der Waals surface area contributed by atoms with E-state index in [4.69, 9.17) is 4.74 Å². The van der Waals surface area contributed by atoms with Gasteiger partial charge in [-0.05, 0) is 20.9 Å². The van der Waals surface area contributed by atoms with Gasteiger partial charge >= 0.3 is 5.97 Å². The second-order valence-electron chi connectivity index (χ2n) is 4.71. The van der Waals surface area contributed by atoms with Gasteiger partial charge in [-0.1, -0.05) is 11.3 Å². The molecule has 1 aliphatic heterocycles. The Balaban J connectivity index is 2.21. The highest BCUT2D eigenvalue weighted by molar-refractivity contribution is 7.17. The minimum atomic E-state index is -0.293. The van der Waals surface area contributed by atoms with Crippen molar-refractivity contribution in [3.05, 3.63) is 10.6 Å². The first-order valence-electron chi connectivity index (χ1n) is 6.04. The highest BCUT2D eigenvalue weighted by Gasteiger charge is 2.26. The summed E-state index contributed by atoms with van der Waals surface area (Å²) in [6.07, 6.45) is 0. The largest absolute Gasteiger partial charge is 0.465 e. The second kappa shape index (κ2) is 5.24. The van der Waals surface area contributed by atoms with Crippen molar-refractivity contribution in [2.75, 3.05) is 38.7 Å². The normalized spacial score (nSPS) is 21.1. The summed E-state index contributed by atoms with van der Waals surface area (Å²) in [4.78, 5) is 21.3. The van der Waals surface area contributed by atoms with E-state index >= 15 is 0 Å². The Labute approximate surface area is 111 Å². The molecule has 1 aromatic heterocycles. The monoisotopic (exact) mass is 269 g/mol. The van der Waals surface area contributed by atoms with Crippen molar-refractivity contribution in [1.29, 1.82) is 0 Å². The number of carbonyl (C=O) groups is 1. The van der Waals surface area contributed by atoms with Crippen LogP contribution in [0.4, 0.5) is 5.13 Å². The smallest absolute Gasteiger partial charge is 0.350 e. The molecule has 18 heavy (non-hydrogen) atoms. The van der Waals surface area contributed by atoms with Gasteiger partial charge in [0.2, 0.25) is 0 Å². The average Bonchev–Trinajstić information content (AvgIpc) is 2.70. The van der Waals surface area contributed by atoms with Crippen molar-refractivity contribution in [2.24, 2.45) is 0 Å². The van der Waals surface area contributed by atoms with Gasteiger partial charge in [0.05, 0.1) is 12.8 Å². The number of thiazole rings is 1. The Kier molecular flexibility index (Phi) is 3.87. The molecule has 1 aliphatic rings. The van der Waals surface area contributed by atoms with Gasteiger partial charge < -0.3 is 14.5 Å². The van der Waals surface area contributed by atoms with Crippen LogP contribution in [0, 0.1) is 6.92 Å². The summed E-state index contributed by atoms with van der Waals surface area (Å²) in [5.74, 6) is -0.293. The summed E-state index contributed by atoms with van der Waals surface area (Å²) >= 11 is 1.43. The standard InChI is InChI=1S/C12H19N3O2S/c1-8-7-14(3)5-6-15(8)12-13-9(2)10(18-12)11(16)17-4/h8H,5-7H2,1-4H3. The van der Waals surface area contributed by atoms with Crippen LogP contribution in [0.5, 0.6) is 0 Å². The van der Waals surface area contributed by atoms with Crippen LogP contribution in [0.2, 0.25) is 0 Å². The fourth-order valence-corrected chi connectivity index (χ4v) is 3.32. The van der Waals surface area contributed by atoms with Crippen LogP contribution in [0.25, 0.3) is 0 Å². The first-order valence-corrected chi connectivity index (χ1v) is 6.85. The second-order valence-corrected chi connectivity index (χ2v) is 5.68. The number of anilines is 1. The Morgan fingerprint density at radius 3 is 2.83 bits per heavy atom. The lowest BCUT2D eigenvalue weighted by atomic mass is 10.2. The molecule has 1 fully saturated rings. The number of rotatable bonds is 2. The zero-order valence-electron chi connectivity index (χ0n) is 11.3. The third kappa shape index (κ3) is 2.49. The predicted octanol–water partition coefficient (Wildman–Crippen LogP) is 1.38. The van der Waals surface area contributed by atoms with Gasteiger partial charge in [0, 0.05) is 25.7 Å². The van der Waals surface area contributed by atoms with E-state index in [0.717, 1.165) is 30.5 Å². The fourth-order valence-electron chi connectivity index (χ4n) is 2.21. The Morgan fingerprint density at radius 2 is 2.22 bits per heavy atom. The highest BCUT2D eigenvalue weighted by atomic mass is 32.1. The molecule has 2 rings (SSSR count). The number of nitrogens with zero attached hydrogens (tertiary/aromatic N) is 3. The molecular formula is C12H19N3O2S. The van der Waals surface area contributed by atoms with Crippen molar-refractivity contribution in [3.63, 3.8) is 0 Å². The van der Waals surface area contributed by atoms with Gasteiger partial charge in [-0.3, -0.25) is 0 Å². The molecule has 6 heteroatoms. The van der Waals surface area contributed by atoms with Gasteiger partial charge in [-0.25, -0.2) is 9.78 Å². The van der Waals surface area contributed by atoms with E-state index in [-0.39, 0.29) is 5.97 Å². The van der Waals surface area contributed by atoms with E-state index in [9.17, 15) is 4.79 Å². The Morgan fingerprint density at radius 1 is 1.50 bits per heavy atom. The van der Waals surface area contributed by atoms with Crippen LogP contribution in [0.1, 0.15) is 22.3 Å². The number of carbonyl (C=O) groups excluding carboxylic acids is 1. The zero-order valence-corrected chi connectivity index (χ0v) is 12.1. The molecule has 1 atom stereocenters. The van der Waals surface area contributed by atoms with Crippen LogP contribution in [0.15, 0.2) is 0 Å². The zero-order chi connectivity index (χ0) is 13.3. The molecule has 0 aliphatic carbocycles. The molecular weight excluding hydrogens is 250 g/mol. The molecule has 0 spiro atoms. The topological polar surface area (TPSA) is 45.7 Å². The molecule has 0 N–H and O–H groups in total. The van der Waals surface area contributed by atoms with Gasteiger partial charge in [-0.2, -0.15) is 0 Å². The maximum Gasteiger partial charge on any atom is 0.350 e. The molecule has 1 saturated heterocycles. The van der Waals surface area contributed by atoms with Gasteiger partial charge in [-0.15, -0.1) is 0 Å². The van der Waals surface area contributed by atoms with E-state index in [1.54, 1.807) is 0 Å². The Bertz CT molecular complexity index is 447. The van der Waals surface area contributed by atoms with E-state index in [2.05, 4.69) is 28.8 Å². The number of methoxy groups -OCH3 is 1. The van der Waals surface area contributed by atoms with Crippen LogP contribution in [-0.2, 0) is 4.74 Å². The SMILES string of the molecule is COC(=O)c1sc(N2CCN(C)CC2C)nc1C. The Hall–Kier alpha value is -1.14. The summed E-state index contributed by atoms with van der Waals surface area (Å²) in [6, 6.07) is 0.416. The predicted molar refractivity (Wildman–Crippen MR) is 72.5 cm³/mol. The van der Waals surface area contributed by atoms with Crippen molar-refractivity contribution in [1.82, 2.24) is 9.88 Å². The van der Waals surface area contributed by atoms with Crippen LogP contribution >= 0.6 is 11.3 Å². The van der Waals surface area contributed by atoms with Gasteiger partial charge in [0.25, 0.3) is 0 Å². The number of likely N-dealkylation sites (N-methyl/N-ethyl adjacent to an activating group) is 1. The lowest BCUT2D eigenvalue weighted by molar-refractivity contribution is 0.0605. The number of hydrogen-bond acceptors (Lipinski definition) is 6. The van der Waals surface area contributed by atoms with Crippen LogP contribution in [-0.4, -0.2) is 55.7 Å². The fraction of sp³-hybridized carbons (Fsp3) is 0.667. The van der Waals surface area contributed by atoms with Crippen LogP contribution < -0.4 is 4.90 Å². The molecule has 0 amide bonds. The van der Waals surface area contributed by atoms with Crippen LogP contribution in [0.3, 0.4) is 0 Å². The number of aromatic nitrogens is 1. The van der Waals surface area contributed by atoms with Crippen molar-refractivity contribution in [3.8, 4) is 0 Å². The van der Waals surface area contributed by atoms with E-state index < -0.39 is 0 Å². The number of hydrogen-bond donors (Lipinski definition) is 0. The number of esters is 1. The summed E-state index contributed by atoms with van der Waals surface area (Å²) in [6.45, 7) is 7.03. The third-order valence-corrected chi connectivity index (χ3v) is 4.41. The molecule has 0 radical (unpaired) electrons. The molecule has 0 saturated carbocycles. The lowest BCUT2D eigenvalue weighted by Gasteiger charge is -2.38. The maximum absolute atomic E-state index is 11.6. The van der Waals surface area contributed by atoms with E-state index in [1.165, 1.54) is 18.4 Å². The number of ether oxygens (including phenoxy) is 1. The first-order chi connectivity index (χ1) is 8.52. The molecule has 100 valence electrons. The average molecular weight is 269 g/mol. The summed E-state index contributed by atoms with van der Waals surface area (Å²) in [5, 5.41) is 0.925. The van der Waals surface area contributed by atoms with Gasteiger partial charge in [0.1, 0.15) is 4.88 Å². The molecule has 0 bridgehead atoms. The van der Waals surface area contributed by atoms with Crippen molar-refractivity contribution < 1.29 is 9.53 Å². The summed E-state index contributed by atoms with van der Waals surface area (Å²) in [7, 11) is 3.53. The van der Waals surface area contributed by atoms with Crippen molar-refractivity contribution >= 4 is 22.4 Å². The quantitative estimate of drug-likeness (QED) is 0.759. The minimum Gasteiger partial charge on any atom is -0.465 e. The summed E-state index contributed by atoms with van der Waals surface area (Å²) in [5.41, 5.74) is 0.757. The number of piperazine rings is 1. The van der Waals surface area contributed by atoms with Gasteiger partial charge in [0.15, 0.2) is 5.13 Å². The summed E-state index contributed by atoms with van der Waals surface area (Å²) < 4.78 is 4.77. The third-order valence-electron chi connectivity index (χ3n) is 3.23. The first kappa shape index (κ1) is 13.3.